The van der Waals surface area contributed by atoms with Crippen molar-refractivity contribution in [3.8, 4) is 5.75 Å². The Morgan fingerprint density at radius 3 is 1.93 bits per heavy atom. The van der Waals surface area contributed by atoms with Gasteiger partial charge >= 0.3 is 11.9 Å². The molecule has 10 nitrogen and oxygen atoms in total. The molecular formula is C19H32ClNO9. The molecule has 0 amide bonds. The largest absolute Gasteiger partial charge is 1.00 e. The Bertz CT molecular complexity index is 627. The molecule has 3 atom stereocenters. The zero-order chi connectivity index (χ0) is 22.6. The maximum Gasteiger partial charge on any atom is 0.342 e. The van der Waals surface area contributed by atoms with Crippen molar-refractivity contribution in [2.75, 3.05) is 47.5 Å². The topological polar surface area (TPSA) is 154 Å². The molecule has 11 heteroatoms. The van der Waals surface area contributed by atoms with Gasteiger partial charge in [-0.05, 0) is 12.1 Å². The number of hydrogen-bond donors (Lipinski definition) is 5. The zero-order valence-electron chi connectivity index (χ0n) is 17.6. The molecular weight excluding hydrogens is 422 g/mol. The molecule has 0 heterocycles. The summed E-state index contributed by atoms with van der Waals surface area (Å²) in [6.07, 6.45) is -4.29. The monoisotopic (exact) mass is 453 g/mol. The number of hydrogen-bond acceptors (Lipinski definition) is 9. The molecule has 0 aliphatic heterocycles. The van der Waals surface area contributed by atoms with Crippen molar-refractivity contribution in [2.45, 2.75) is 25.2 Å². The molecule has 1 aromatic carbocycles. The van der Waals surface area contributed by atoms with E-state index in [1.54, 1.807) is 24.3 Å². The number of halogens is 1. The summed E-state index contributed by atoms with van der Waals surface area (Å²) in [6, 6.07) is 6.54. The van der Waals surface area contributed by atoms with Gasteiger partial charge in [0.05, 0.1) is 34.4 Å². The van der Waals surface area contributed by atoms with Crippen molar-refractivity contribution in [3.63, 3.8) is 0 Å². The van der Waals surface area contributed by atoms with Crippen LogP contribution < -0.4 is 17.1 Å². The van der Waals surface area contributed by atoms with E-state index < -0.39 is 43.5 Å². The average Bonchev–Trinajstić information content (AvgIpc) is 2.65. The van der Waals surface area contributed by atoms with E-state index in [1.165, 1.54) is 6.92 Å². The predicted molar refractivity (Wildman–Crippen MR) is 103 cm³/mol. The van der Waals surface area contributed by atoms with Crippen molar-refractivity contribution in [1.29, 1.82) is 0 Å². The van der Waals surface area contributed by atoms with E-state index in [1.807, 2.05) is 21.1 Å². The lowest BCUT2D eigenvalue weighted by molar-refractivity contribution is -0.870. The molecule has 0 aromatic heterocycles. The minimum atomic E-state index is -1.49. The number of para-hydroxylation sites is 1. The van der Waals surface area contributed by atoms with Gasteiger partial charge in [-0.2, -0.15) is 0 Å². The number of quaternary nitrogens is 1. The summed E-state index contributed by atoms with van der Waals surface area (Å²) in [4.78, 5) is 22.9. The van der Waals surface area contributed by atoms with E-state index in [4.69, 9.17) is 35.0 Å². The first kappa shape index (κ1) is 30.4. The van der Waals surface area contributed by atoms with Crippen LogP contribution in [0.1, 0.15) is 17.3 Å². The molecule has 1 unspecified atom stereocenters. The number of nitrogens with zero attached hydrogens (tertiary/aromatic N) is 1. The normalized spacial score (nSPS) is 13.6. The van der Waals surface area contributed by atoms with Crippen LogP contribution in [0.25, 0.3) is 0 Å². The van der Waals surface area contributed by atoms with Crippen LogP contribution >= 0.6 is 0 Å². The van der Waals surface area contributed by atoms with Crippen molar-refractivity contribution in [3.05, 3.63) is 29.8 Å². The molecule has 0 saturated heterocycles. The van der Waals surface area contributed by atoms with Crippen molar-refractivity contribution in [2.24, 2.45) is 0 Å². The van der Waals surface area contributed by atoms with Gasteiger partial charge in [0.25, 0.3) is 0 Å². The van der Waals surface area contributed by atoms with E-state index in [2.05, 4.69) is 0 Å². The molecule has 5 N–H and O–H groups in total. The van der Waals surface area contributed by atoms with Crippen LogP contribution in [-0.2, 0) is 9.53 Å². The summed E-state index contributed by atoms with van der Waals surface area (Å²) < 4.78 is 10.9. The number of aliphatic hydroxyl groups excluding tert-OH is 5. The predicted octanol–water partition coefficient (Wildman–Crippen LogP) is -4.47. The minimum Gasteiger partial charge on any atom is -1.00 e. The number of benzene rings is 1. The number of esters is 2. The second kappa shape index (κ2) is 15.1. The number of carbonyl (C=O) groups excluding carboxylic acids is 2. The molecule has 0 aliphatic carbocycles. The van der Waals surface area contributed by atoms with Gasteiger partial charge < -0.3 is 51.9 Å². The van der Waals surface area contributed by atoms with Crippen LogP contribution in [0.4, 0.5) is 0 Å². The Morgan fingerprint density at radius 1 is 1.00 bits per heavy atom. The second-order valence-electron chi connectivity index (χ2n) is 7.23. The van der Waals surface area contributed by atoms with Gasteiger partial charge in [0.1, 0.15) is 42.8 Å². The van der Waals surface area contributed by atoms with Crippen LogP contribution in [0.3, 0.4) is 0 Å². The number of rotatable bonds is 9. The molecule has 0 aliphatic rings. The van der Waals surface area contributed by atoms with E-state index in [-0.39, 0.29) is 23.7 Å². The highest BCUT2D eigenvalue weighted by Gasteiger charge is 2.22. The highest BCUT2D eigenvalue weighted by molar-refractivity contribution is 5.93. The molecule has 0 bridgehead atoms. The van der Waals surface area contributed by atoms with Crippen LogP contribution in [0.15, 0.2) is 24.3 Å². The van der Waals surface area contributed by atoms with Gasteiger partial charge in [-0.1, -0.05) is 12.1 Å². The third-order valence-electron chi connectivity index (χ3n) is 3.52. The fourth-order valence-electron chi connectivity index (χ4n) is 1.84. The lowest BCUT2D eigenvalue weighted by Gasteiger charge is -2.23. The molecule has 0 radical (unpaired) electrons. The maximum atomic E-state index is 11.9. The Morgan fingerprint density at radius 2 is 1.50 bits per heavy atom. The summed E-state index contributed by atoms with van der Waals surface area (Å²) in [5.41, 5.74) is 0.263. The highest BCUT2D eigenvalue weighted by Crippen LogP contribution is 2.19. The van der Waals surface area contributed by atoms with Crippen molar-refractivity contribution < 1.29 is 61.5 Å². The van der Waals surface area contributed by atoms with Gasteiger partial charge in [0.15, 0.2) is 0 Å². The number of likely N-dealkylation sites (N-methyl/N-ethyl adjacent to an activating group) is 1. The Hall–Kier alpha value is -1.79. The van der Waals surface area contributed by atoms with Gasteiger partial charge in [-0.25, -0.2) is 4.79 Å². The number of ether oxygens (including phenoxy) is 2. The molecule has 30 heavy (non-hydrogen) atoms. The van der Waals surface area contributed by atoms with Crippen LogP contribution in [0.2, 0.25) is 0 Å². The molecule has 0 fully saturated rings. The maximum absolute atomic E-state index is 11.9. The first-order valence-corrected chi connectivity index (χ1v) is 8.93. The first-order chi connectivity index (χ1) is 13.4. The molecule has 1 aromatic rings. The van der Waals surface area contributed by atoms with Gasteiger partial charge in [-0.3, -0.25) is 4.79 Å². The fourth-order valence-corrected chi connectivity index (χ4v) is 1.84. The van der Waals surface area contributed by atoms with Gasteiger partial charge in [0, 0.05) is 6.92 Å². The third-order valence-corrected chi connectivity index (χ3v) is 3.52. The van der Waals surface area contributed by atoms with E-state index in [0.717, 1.165) is 0 Å². The molecule has 0 spiro atoms. The van der Waals surface area contributed by atoms with E-state index in [0.29, 0.717) is 17.6 Å². The zero-order valence-corrected chi connectivity index (χ0v) is 18.3. The van der Waals surface area contributed by atoms with Crippen molar-refractivity contribution in [1.82, 2.24) is 0 Å². The second-order valence-corrected chi connectivity index (χ2v) is 7.23. The standard InChI is InChI=1S/C14H20NO4.C5H12O5.ClH/c1-11(16)19-13-8-6-5-7-12(13)14(17)18-10-9-15(2,3)4;6-1-3(8)5(10)4(9)2-7;/h5-8H,9-10H2,1-4H3;3-10H,1-2H2;1H/q+1;;/p-1/t;3-,4+,5?;. The summed E-state index contributed by atoms with van der Waals surface area (Å²) in [7, 11) is 6.04. The van der Waals surface area contributed by atoms with Gasteiger partial charge in [-0.15, -0.1) is 0 Å². The van der Waals surface area contributed by atoms with Gasteiger partial charge in [0.2, 0.25) is 0 Å². The van der Waals surface area contributed by atoms with Crippen LogP contribution in [-0.4, -0.2) is 108 Å². The SMILES string of the molecule is CC(=O)Oc1ccccc1C(=O)OCC[N+](C)(C)C.OC[C@@H](O)C(O)[C@@H](O)CO.[Cl-]. The summed E-state index contributed by atoms with van der Waals surface area (Å²) in [6.45, 7) is 1.04. The first-order valence-electron chi connectivity index (χ1n) is 8.93. The summed E-state index contributed by atoms with van der Waals surface area (Å²) in [5.74, 6) is -0.720. The lowest BCUT2D eigenvalue weighted by Crippen LogP contribution is -3.00. The Balaban J connectivity index is 0. The quantitative estimate of drug-likeness (QED) is 0.141. The number of carbonyl (C=O) groups is 2. The van der Waals surface area contributed by atoms with Crippen LogP contribution in [0.5, 0.6) is 5.75 Å². The summed E-state index contributed by atoms with van der Waals surface area (Å²) in [5, 5.41) is 42.6. The number of aliphatic hydroxyl groups is 5. The van der Waals surface area contributed by atoms with E-state index in [9.17, 15) is 9.59 Å². The van der Waals surface area contributed by atoms with E-state index >= 15 is 0 Å². The fraction of sp³-hybridized carbons (Fsp3) is 0.579. The summed E-state index contributed by atoms with van der Waals surface area (Å²) >= 11 is 0. The van der Waals surface area contributed by atoms with Crippen molar-refractivity contribution >= 4 is 11.9 Å². The average molecular weight is 454 g/mol. The minimum absolute atomic E-state index is 0. The smallest absolute Gasteiger partial charge is 0.342 e. The molecule has 1 rings (SSSR count). The molecule has 174 valence electrons. The lowest BCUT2D eigenvalue weighted by atomic mass is 10.1. The Kier molecular flexibility index (Phi) is 15.3. The Labute approximate surface area is 182 Å². The van der Waals surface area contributed by atoms with Crippen LogP contribution in [0, 0.1) is 0 Å². The highest BCUT2D eigenvalue weighted by atomic mass is 35.5. The third kappa shape index (κ3) is 12.7. The molecule has 0 saturated carbocycles.